The SMILES string of the molecule is COc1ccc(C2NC(C)CS2)c(OC)c1. The van der Waals surface area contributed by atoms with Crippen LogP contribution in [0, 0.1) is 0 Å². The van der Waals surface area contributed by atoms with Crippen molar-refractivity contribution in [2.24, 2.45) is 0 Å². The van der Waals surface area contributed by atoms with E-state index in [0.717, 1.165) is 17.3 Å². The van der Waals surface area contributed by atoms with Crippen molar-refractivity contribution in [3.05, 3.63) is 23.8 Å². The Balaban J connectivity index is 2.26. The molecule has 2 rings (SSSR count). The van der Waals surface area contributed by atoms with Crippen LogP contribution in [0.15, 0.2) is 18.2 Å². The monoisotopic (exact) mass is 239 g/mol. The van der Waals surface area contributed by atoms with Crippen LogP contribution in [0.5, 0.6) is 11.5 Å². The molecule has 1 aliphatic rings. The number of methoxy groups -OCH3 is 2. The smallest absolute Gasteiger partial charge is 0.128 e. The molecule has 3 nitrogen and oxygen atoms in total. The summed E-state index contributed by atoms with van der Waals surface area (Å²) in [7, 11) is 3.36. The highest BCUT2D eigenvalue weighted by molar-refractivity contribution is 7.99. The lowest BCUT2D eigenvalue weighted by Crippen LogP contribution is -2.22. The number of nitrogens with one attached hydrogen (secondary N) is 1. The van der Waals surface area contributed by atoms with Gasteiger partial charge in [0.25, 0.3) is 0 Å². The molecule has 0 spiro atoms. The average molecular weight is 239 g/mol. The summed E-state index contributed by atoms with van der Waals surface area (Å²) in [5.74, 6) is 2.86. The minimum atomic E-state index is 0.329. The van der Waals surface area contributed by atoms with Crippen LogP contribution < -0.4 is 14.8 Å². The van der Waals surface area contributed by atoms with Crippen molar-refractivity contribution in [1.82, 2.24) is 5.32 Å². The van der Waals surface area contributed by atoms with Gasteiger partial charge in [0, 0.05) is 23.4 Å². The topological polar surface area (TPSA) is 30.5 Å². The molecule has 1 aliphatic heterocycles. The van der Waals surface area contributed by atoms with E-state index >= 15 is 0 Å². The molecule has 1 N–H and O–H groups in total. The molecule has 4 heteroatoms. The minimum Gasteiger partial charge on any atom is -0.497 e. The molecular formula is C12H17NO2S. The number of ether oxygens (including phenoxy) is 2. The van der Waals surface area contributed by atoms with Crippen LogP contribution in [-0.2, 0) is 0 Å². The van der Waals surface area contributed by atoms with Crippen LogP contribution in [0.1, 0.15) is 17.9 Å². The molecule has 2 atom stereocenters. The molecule has 0 aliphatic carbocycles. The molecule has 0 aromatic heterocycles. The Kier molecular flexibility index (Phi) is 3.61. The van der Waals surface area contributed by atoms with Gasteiger partial charge in [-0.15, -0.1) is 11.8 Å². The molecule has 1 saturated heterocycles. The van der Waals surface area contributed by atoms with E-state index in [2.05, 4.69) is 18.3 Å². The number of thioether (sulfide) groups is 1. The lowest BCUT2D eigenvalue weighted by atomic mass is 10.1. The van der Waals surface area contributed by atoms with Crippen molar-refractivity contribution < 1.29 is 9.47 Å². The number of rotatable bonds is 3. The summed E-state index contributed by atoms with van der Waals surface area (Å²) < 4.78 is 10.6. The average Bonchev–Trinajstić information content (AvgIpc) is 2.74. The van der Waals surface area contributed by atoms with Crippen molar-refractivity contribution in [3.8, 4) is 11.5 Å². The Labute approximate surface area is 101 Å². The first-order chi connectivity index (χ1) is 7.74. The molecule has 88 valence electrons. The molecule has 1 aromatic rings. The van der Waals surface area contributed by atoms with Crippen LogP contribution in [0.2, 0.25) is 0 Å². The van der Waals surface area contributed by atoms with Gasteiger partial charge in [-0.2, -0.15) is 0 Å². The zero-order valence-electron chi connectivity index (χ0n) is 9.82. The molecule has 0 bridgehead atoms. The van der Waals surface area contributed by atoms with Gasteiger partial charge in [-0.1, -0.05) is 0 Å². The van der Waals surface area contributed by atoms with Gasteiger partial charge in [0.05, 0.1) is 19.6 Å². The first-order valence-corrected chi connectivity index (χ1v) is 6.39. The minimum absolute atomic E-state index is 0.329. The first-order valence-electron chi connectivity index (χ1n) is 5.34. The molecule has 16 heavy (non-hydrogen) atoms. The van der Waals surface area contributed by atoms with E-state index in [0.29, 0.717) is 11.4 Å². The fraction of sp³-hybridized carbons (Fsp3) is 0.500. The van der Waals surface area contributed by atoms with E-state index in [9.17, 15) is 0 Å². The zero-order valence-corrected chi connectivity index (χ0v) is 10.6. The van der Waals surface area contributed by atoms with Crippen molar-refractivity contribution in [2.75, 3.05) is 20.0 Å². The lowest BCUT2D eigenvalue weighted by molar-refractivity contribution is 0.389. The fourth-order valence-electron chi connectivity index (χ4n) is 1.81. The van der Waals surface area contributed by atoms with Crippen LogP contribution >= 0.6 is 11.8 Å². The van der Waals surface area contributed by atoms with Gasteiger partial charge >= 0.3 is 0 Å². The lowest BCUT2D eigenvalue weighted by Gasteiger charge is -2.16. The van der Waals surface area contributed by atoms with Crippen molar-refractivity contribution in [3.63, 3.8) is 0 Å². The summed E-state index contributed by atoms with van der Waals surface area (Å²) in [5.41, 5.74) is 1.19. The van der Waals surface area contributed by atoms with Gasteiger partial charge in [0.2, 0.25) is 0 Å². The van der Waals surface area contributed by atoms with Gasteiger partial charge in [-0.05, 0) is 19.1 Å². The maximum atomic E-state index is 5.40. The second-order valence-corrected chi connectivity index (χ2v) is 5.03. The summed E-state index contributed by atoms with van der Waals surface area (Å²) in [6.07, 6.45) is 0. The van der Waals surface area contributed by atoms with Crippen molar-refractivity contribution in [1.29, 1.82) is 0 Å². The van der Waals surface area contributed by atoms with Gasteiger partial charge in [0.1, 0.15) is 11.5 Å². The fourth-order valence-corrected chi connectivity index (χ4v) is 3.09. The molecule has 0 amide bonds. The van der Waals surface area contributed by atoms with E-state index in [-0.39, 0.29) is 0 Å². The number of benzene rings is 1. The standard InChI is InChI=1S/C12H17NO2S/c1-8-7-16-12(13-8)10-5-4-9(14-2)6-11(10)15-3/h4-6,8,12-13H,7H2,1-3H3. The Bertz CT molecular complexity index is 370. The van der Waals surface area contributed by atoms with Gasteiger partial charge < -0.3 is 9.47 Å². The molecule has 1 heterocycles. The van der Waals surface area contributed by atoms with Crippen LogP contribution in [-0.4, -0.2) is 26.0 Å². The third-order valence-electron chi connectivity index (χ3n) is 2.67. The summed E-state index contributed by atoms with van der Waals surface area (Å²) >= 11 is 1.91. The maximum Gasteiger partial charge on any atom is 0.128 e. The van der Waals surface area contributed by atoms with Gasteiger partial charge in [-0.25, -0.2) is 0 Å². The summed E-state index contributed by atoms with van der Waals surface area (Å²) in [6.45, 7) is 2.20. The van der Waals surface area contributed by atoms with Crippen LogP contribution in [0.4, 0.5) is 0 Å². The van der Waals surface area contributed by atoms with E-state index < -0.39 is 0 Å². The predicted octanol–water partition coefficient (Wildman–Crippen LogP) is 2.43. The quantitative estimate of drug-likeness (QED) is 0.877. The van der Waals surface area contributed by atoms with Crippen LogP contribution in [0.3, 0.4) is 0 Å². The predicted molar refractivity (Wildman–Crippen MR) is 67.3 cm³/mol. The largest absolute Gasteiger partial charge is 0.497 e. The number of hydrogen-bond acceptors (Lipinski definition) is 4. The second kappa shape index (κ2) is 4.97. The third-order valence-corrected chi connectivity index (χ3v) is 4.09. The summed E-state index contributed by atoms with van der Waals surface area (Å²) in [4.78, 5) is 0. The Hall–Kier alpha value is -0.870. The highest BCUT2D eigenvalue weighted by Crippen LogP contribution is 2.38. The Morgan fingerprint density at radius 1 is 1.31 bits per heavy atom. The van der Waals surface area contributed by atoms with E-state index in [1.807, 2.05) is 23.9 Å². The van der Waals surface area contributed by atoms with E-state index in [4.69, 9.17) is 9.47 Å². The van der Waals surface area contributed by atoms with Gasteiger partial charge in [-0.3, -0.25) is 5.32 Å². The number of hydrogen-bond donors (Lipinski definition) is 1. The maximum absolute atomic E-state index is 5.40. The molecule has 0 radical (unpaired) electrons. The molecule has 0 saturated carbocycles. The molecule has 1 fully saturated rings. The normalized spacial score (nSPS) is 24.4. The summed E-state index contributed by atoms with van der Waals surface area (Å²) in [6, 6.07) is 6.53. The Morgan fingerprint density at radius 2 is 2.12 bits per heavy atom. The van der Waals surface area contributed by atoms with E-state index in [1.54, 1.807) is 14.2 Å². The highest BCUT2D eigenvalue weighted by Gasteiger charge is 2.25. The van der Waals surface area contributed by atoms with E-state index in [1.165, 1.54) is 5.56 Å². The molecular weight excluding hydrogens is 222 g/mol. The molecule has 1 aromatic carbocycles. The third kappa shape index (κ3) is 2.28. The second-order valence-electron chi connectivity index (χ2n) is 3.89. The van der Waals surface area contributed by atoms with Gasteiger partial charge in [0.15, 0.2) is 0 Å². The highest BCUT2D eigenvalue weighted by atomic mass is 32.2. The Morgan fingerprint density at radius 3 is 2.69 bits per heavy atom. The zero-order chi connectivity index (χ0) is 11.5. The van der Waals surface area contributed by atoms with Crippen molar-refractivity contribution >= 4 is 11.8 Å². The molecule has 2 unspecified atom stereocenters. The van der Waals surface area contributed by atoms with Crippen molar-refractivity contribution in [2.45, 2.75) is 18.3 Å². The van der Waals surface area contributed by atoms with Crippen LogP contribution in [0.25, 0.3) is 0 Å². The summed E-state index contributed by atoms with van der Waals surface area (Å²) in [5, 5.41) is 3.85. The first kappa shape index (κ1) is 11.6.